The van der Waals surface area contributed by atoms with Crippen LogP contribution in [0, 0.1) is 11.6 Å². The van der Waals surface area contributed by atoms with Crippen molar-refractivity contribution < 1.29 is 36.6 Å². The molecule has 0 aliphatic rings. The SMILES string of the molecule is CC(C(=O)O)c1ccc(-c2cc(OC(c3ccc(F)c(F)c3)C(F)(F)F)ncn2)cc1. The van der Waals surface area contributed by atoms with Crippen LogP contribution in [0.2, 0.25) is 0 Å². The molecular weight excluding hydrogens is 423 g/mol. The fraction of sp³-hybridized carbons (Fsp3) is 0.190. The van der Waals surface area contributed by atoms with Crippen LogP contribution in [0.5, 0.6) is 5.88 Å². The summed E-state index contributed by atoms with van der Waals surface area (Å²) in [6.07, 6.45) is -6.51. The number of carbonyl (C=O) groups is 1. The predicted molar refractivity (Wildman–Crippen MR) is 99.3 cm³/mol. The molecule has 0 amide bonds. The van der Waals surface area contributed by atoms with Gasteiger partial charge in [-0.1, -0.05) is 30.3 Å². The quantitative estimate of drug-likeness (QED) is 0.530. The van der Waals surface area contributed by atoms with Crippen LogP contribution < -0.4 is 4.74 Å². The van der Waals surface area contributed by atoms with Gasteiger partial charge in [0.05, 0.1) is 11.6 Å². The molecule has 0 saturated heterocycles. The fourth-order valence-corrected chi connectivity index (χ4v) is 2.77. The van der Waals surface area contributed by atoms with E-state index in [1.165, 1.54) is 6.92 Å². The second-order valence-electron chi connectivity index (χ2n) is 6.64. The third kappa shape index (κ3) is 5.14. The molecule has 0 bridgehead atoms. The van der Waals surface area contributed by atoms with E-state index in [9.17, 15) is 26.7 Å². The number of hydrogen-bond acceptors (Lipinski definition) is 4. The Hall–Kier alpha value is -3.56. The molecule has 31 heavy (non-hydrogen) atoms. The van der Waals surface area contributed by atoms with Gasteiger partial charge in [-0.15, -0.1) is 0 Å². The van der Waals surface area contributed by atoms with Crippen molar-refractivity contribution in [2.24, 2.45) is 0 Å². The lowest BCUT2D eigenvalue weighted by Crippen LogP contribution is -2.26. The first-order valence-corrected chi connectivity index (χ1v) is 8.89. The third-order valence-corrected chi connectivity index (χ3v) is 4.50. The maximum absolute atomic E-state index is 13.5. The number of aromatic nitrogens is 2. The highest BCUT2D eigenvalue weighted by atomic mass is 19.4. The minimum atomic E-state index is -4.93. The molecule has 2 atom stereocenters. The summed E-state index contributed by atoms with van der Waals surface area (Å²) in [5.41, 5.74) is 0.631. The summed E-state index contributed by atoms with van der Waals surface area (Å²) in [4.78, 5) is 18.7. The monoisotopic (exact) mass is 438 g/mol. The Morgan fingerprint density at radius 1 is 0.968 bits per heavy atom. The molecule has 1 N–H and O–H groups in total. The van der Waals surface area contributed by atoms with E-state index in [-0.39, 0.29) is 5.69 Å². The first-order valence-electron chi connectivity index (χ1n) is 8.89. The lowest BCUT2D eigenvalue weighted by atomic mass is 9.99. The van der Waals surface area contributed by atoms with Gasteiger partial charge in [-0.2, -0.15) is 13.2 Å². The lowest BCUT2D eigenvalue weighted by Gasteiger charge is -2.21. The van der Waals surface area contributed by atoms with Gasteiger partial charge in [-0.3, -0.25) is 4.79 Å². The van der Waals surface area contributed by atoms with Gasteiger partial charge in [0, 0.05) is 17.2 Å². The van der Waals surface area contributed by atoms with E-state index >= 15 is 0 Å². The standard InChI is InChI=1S/C21H15F5N2O3/c1-11(20(29)30)12-2-4-13(5-3-12)17-9-18(28-10-27-17)31-19(21(24,25)26)14-6-7-15(22)16(23)8-14/h2-11,19H,1H3,(H,29,30). The Morgan fingerprint density at radius 3 is 2.19 bits per heavy atom. The van der Waals surface area contributed by atoms with E-state index in [1.54, 1.807) is 24.3 Å². The normalized spacial score (nSPS) is 13.5. The summed E-state index contributed by atoms with van der Waals surface area (Å²) in [5, 5.41) is 9.06. The highest BCUT2D eigenvalue weighted by molar-refractivity contribution is 5.76. The zero-order valence-corrected chi connectivity index (χ0v) is 15.9. The van der Waals surface area contributed by atoms with Crippen LogP contribution in [-0.2, 0) is 4.79 Å². The molecule has 5 nitrogen and oxygen atoms in total. The van der Waals surface area contributed by atoms with Gasteiger partial charge in [0.1, 0.15) is 6.33 Å². The van der Waals surface area contributed by atoms with E-state index in [2.05, 4.69) is 9.97 Å². The maximum Gasteiger partial charge on any atom is 0.429 e. The molecule has 1 heterocycles. The van der Waals surface area contributed by atoms with Crippen molar-refractivity contribution in [2.45, 2.75) is 25.1 Å². The van der Waals surface area contributed by atoms with E-state index < -0.39 is 47.2 Å². The average molecular weight is 438 g/mol. The fourth-order valence-electron chi connectivity index (χ4n) is 2.77. The van der Waals surface area contributed by atoms with Crippen molar-refractivity contribution in [2.75, 3.05) is 0 Å². The minimum Gasteiger partial charge on any atom is -0.481 e. The Labute approximate surface area is 173 Å². The highest BCUT2D eigenvalue weighted by Crippen LogP contribution is 2.37. The molecule has 0 fully saturated rings. The number of alkyl halides is 3. The average Bonchev–Trinajstić information content (AvgIpc) is 2.73. The van der Waals surface area contributed by atoms with Crippen LogP contribution >= 0.6 is 0 Å². The van der Waals surface area contributed by atoms with Crippen molar-refractivity contribution >= 4 is 5.97 Å². The van der Waals surface area contributed by atoms with Crippen molar-refractivity contribution in [3.05, 3.63) is 77.6 Å². The molecule has 2 aromatic carbocycles. The van der Waals surface area contributed by atoms with Gasteiger partial charge in [0.25, 0.3) is 0 Å². The summed E-state index contributed by atoms with van der Waals surface area (Å²) in [7, 11) is 0. The molecule has 0 radical (unpaired) electrons. The number of carboxylic acid groups (broad SMARTS) is 1. The lowest BCUT2D eigenvalue weighted by molar-refractivity contribution is -0.198. The number of aliphatic carboxylic acids is 1. The van der Waals surface area contributed by atoms with Gasteiger partial charge < -0.3 is 9.84 Å². The minimum absolute atomic E-state index is 0.228. The molecule has 0 saturated carbocycles. The first kappa shape index (κ1) is 22.1. The Morgan fingerprint density at radius 2 is 1.61 bits per heavy atom. The molecular formula is C21H15F5N2O3. The van der Waals surface area contributed by atoms with Crippen molar-refractivity contribution in [1.29, 1.82) is 0 Å². The van der Waals surface area contributed by atoms with Gasteiger partial charge in [0.2, 0.25) is 12.0 Å². The van der Waals surface area contributed by atoms with Crippen LogP contribution in [-0.4, -0.2) is 27.2 Å². The molecule has 162 valence electrons. The van der Waals surface area contributed by atoms with E-state index in [0.29, 0.717) is 23.3 Å². The Bertz CT molecular complexity index is 1090. The second kappa shape index (κ2) is 8.66. The topological polar surface area (TPSA) is 72.3 Å². The van der Waals surface area contributed by atoms with Gasteiger partial charge in [-0.05, 0) is 24.6 Å². The Kier molecular flexibility index (Phi) is 6.19. The zero-order chi connectivity index (χ0) is 22.8. The van der Waals surface area contributed by atoms with Crippen LogP contribution in [0.3, 0.4) is 0 Å². The first-order chi connectivity index (χ1) is 14.6. The highest BCUT2D eigenvalue weighted by Gasteiger charge is 2.43. The number of hydrogen-bond donors (Lipinski definition) is 1. The Balaban J connectivity index is 1.89. The van der Waals surface area contributed by atoms with Crippen LogP contribution in [0.15, 0.2) is 54.9 Å². The summed E-state index contributed by atoms with van der Waals surface area (Å²) in [6, 6.07) is 9.20. The zero-order valence-electron chi connectivity index (χ0n) is 15.9. The van der Waals surface area contributed by atoms with Crippen molar-refractivity contribution in [3.63, 3.8) is 0 Å². The van der Waals surface area contributed by atoms with E-state index in [1.807, 2.05) is 0 Å². The molecule has 10 heteroatoms. The third-order valence-electron chi connectivity index (χ3n) is 4.50. The van der Waals surface area contributed by atoms with Crippen LogP contribution in [0.25, 0.3) is 11.3 Å². The summed E-state index contributed by atoms with van der Waals surface area (Å²) < 4.78 is 72.0. The van der Waals surface area contributed by atoms with Gasteiger partial charge >= 0.3 is 12.1 Å². The van der Waals surface area contributed by atoms with Gasteiger partial charge in [0.15, 0.2) is 11.6 Å². The molecule has 0 aliphatic carbocycles. The van der Waals surface area contributed by atoms with Crippen LogP contribution in [0.4, 0.5) is 22.0 Å². The van der Waals surface area contributed by atoms with Crippen LogP contribution in [0.1, 0.15) is 30.1 Å². The summed E-state index contributed by atoms with van der Waals surface area (Å²) >= 11 is 0. The summed E-state index contributed by atoms with van der Waals surface area (Å²) in [5.74, 6) is -4.88. The van der Waals surface area contributed by atoms with Crippen molar-refractivity contribution in [3.8, 4) is 17.1 Å². The predicted octanol–water partition coefficient (Wildman–Crippen LogP) is 5.29. The molecule has 3 rings (SSSR count). The molecule has 0 spiro atoms. The largest absolute Gasteiger partial charge is 0.481 e. The number of carboxylic acids is 1. The van der Waals surface area contributed by atoms with Gasteiger partial charge in [-0.25, -0.2) is 18.7 Å². The number of nitrogens with zero attached hydrogens (tertiary/aromatic N) is 2. The number of benzene rings is 2. The molecule has 2 unspecified atom stereocenters. The molecule has 0 aliphatic heterocycles. The maximum atomic E-state index is 13.5. The second-order valence-corrected chi connectivity index (χ2v) is 6.64. The smallest absolute Gasteiger partial charge is 0.429 e. The number of rotatable bonds is 6. The number of halogens is 5. The number of ether oxygens (including phenoxy) is 1. The van der Waals surface area contributed by atoms with Crippen molar-refractivity contribution in [1.82, 2.24) is 9.97 Å². The molecule has 1 aromatic heterocycles. The van der Waals surface area contributed by atoms with E-state index in [0.717, 1.165) is 18.5 Å². The van der Waals surface area contributed by atoms with E-state index in [4.69, 9.17) is 9.84 Å². The molecule has 3 aromatic rings. The summed E-state index contributed by atoms with van der Waals surface area (Å²) in [6.45, 7) is 1.52.